The van der Waals surface area contributed by atoms with Crippen molar-refractivity contribution in [1.29, 1.82) is 0 Å². The third-order valence-corrected chi connectivity index (χ3v) is 3.92. The van der Waals surface area contributed by atoms with Crippen molar-refractivity contribution in [3.8, 4) is 0 Å². The molecule has 2 atom stereocenters. The first-order valence-electron chi connectivity index (χ1n) is 7.45. The van der Waals surface area contributed by atoms with E-state index in [1.54, 1.807) is 0 Å². The summed E-state index contributed by atoms with van der Waals surface area (Å²) in [7, 11) is 0. The summed E-state index contributed by atoms with van der Waals surface area (Å²) in [4.78, 5) is 4.63. The highest BCUT2D eigenvalue weighted by atomic mass is 14.8. The molecule has 0 spiro atoms. The van der Waals surface area contributed by atoms with E-state index in [1.807, 2.05) is 6.20 Å². The SMILES string of the molecule is CCCNCC(C)CC1CCCc2cccnc21. The smallest absolute Gasteiger partial charge is 0.0466 e. The van der Waals surface area contributed by atoms with Crippen molar-refractivity contribution in [2.75, 3.05) is 13.1 Å². The zero-order chi connectivity index (χ0) is 12.8. The molecule has 0 radical (unpaired) electrons. The van der Waals surface area contributed by atoms with Gasteiger partial charge in [0.1, 0.15) is 0 Å². The van der Waals surface area contributed by atoms with E-state index in [1.165, 1.54) is 43.4 Å². The van der Waals surface area contributed by atoms with E-state index < -0.39 is 0 Å². The maximum Gasteiger partial charge on any atom is 0.0466 e. The van der Waals surface area contributed by atoms with Gasteiger partial charge in [-0.25, -0.2) is 0 Å². The number of aryl methyl sites for hydroxylation is 1. The number of fused-ring (bicyclic) bond motifs is 1. The molecular formula is C16H26N2. The fourth-order valence-corrected chi connectivity index (χ4v) is 3.03. The quantitative estimate of drug-likeness (QED) is 0.777. The van der Waals surface area contributed by atoms with Gasteiger partial charge in [-0.3, -0.25) is 4.98 Å². The molecule has 0 saturated carbocycles. The van der Waals surface area contributed by atoms with Crippen molar-refractivity contribution in [2.45, 2.75) is 51.9 Å². The van der Waals surface area contributed by atoms with Gasteiger partial charge in [-0.05, 0) is 62.7 Å². The lowest BCUT2D eigenvalue weighted by molar-refractivity contribution is 0.400. The number of aromatic nitrogens is 1. The third-order valence-electron chi connectivity index (χ3n) is 3.92. The van der Waals surface area contributed by atoms with Crippen LogP contribution in [0.1, 0.15) is 56.7 Å². The van der Waals surface area contributed by atoms with Crippen LogP contribution < -0.4 is 5.32 Å². The van der Waals surface area contributed by atoms with Gasteiger partial charge in [-0.2, -0.15) is 0 Å². The first-order chi connectivity index (χ1) is 8.81. The first-order valence-corrected chi connectivity index (χ1v) is 7.45. The van der Waals surface area contributed by atoms with Gasteiger partial charge in [0.15, 0.2) is 0 Å². The maximum absolute atomic E-state index is 4.63. The Morgan fingerprint density at radius 1 is 1.50 bits per heavy atom. The number of pyridine rings is 1. The molecule has 0 amide bonds. The fourth-order valence-electron chi connectivity index (χ4n) is 3.03. The highest BCUT2D eigenvalue weighted by Gasteiger charge is 2.22. The molecular weight excluding hydrogens is 220 g/mol. The lowest BCUT2D eigenvalue weighted by atomic mass is 9.81. The van der Waals surface area contributed by atoms with Crippen LogP contribution in [0.2, 0.25) is 0 Å². The minimum atomic E-state index is 0.688. The summed E-state index contributed by atoms with van der Waals surface area (Å²) in [6, 6.07) is 4.34. The summed E-state index contributed by atoms with van der Waals surface area (Å²) < 4.78 is 0. The lowest BCUT2D eigenvalue weighted by Gasteiger charge is -2.26. The lowest BCUT2D eigenvalue weighted by Crippen LogP contribution is -2.24. The van der Waals surface area contributed by atoms with E-state index >= 15 is 0 Å². The van der Waals surface area contributed by atoms with Gasteiger partial charge in [0, 0.05) is 17.8 Å². The molecule has 2 unspecified atom stereocenters. The largest absolute Gasteiger partial charge is 0.316 e. The zero-order valence-corrected chi connectivity index (χ0v) is 11.8. The second kappa shape index (κ2) is 6.89. The predicted molar refractivity (Wildman–Crippen MR) is 76.9 cm³/mol. The van der Waals surface area contributed by atoms with E-state index in [0.29, 0.717) is 5.92 Å². The molecule has 2 heteroatoms. The van der Waals surface area contributed by atoms with Crippen LogP contribution in [0.3, 0.4) is 0 Å². The monoisotopic (exact) mass is 246 g/mol. The zero-order valence-electron chi connectivity index (χ0n) is 11.8. The molecule has 100 valence electrons. The van der Waals surface area contributed by atoms with Crippen LogP contribution in [0.15, 0.2) is 18.3 Å². The van der Waals surface area contributed by atoms with Crippen LogP contribution in [0.4, 0.5) is 0 Å². The van der Waals surface area contributed by atoms with Crippen molar-refractivity contribution in [3.63, 3.8) is 0 Å². The van der Waals surface area contributed by atoms with Gasteiger partial charge in [0.2, 0.25) is 0 Å². The Kier molecular flexibility index (Phi) is 5.18. The molecule has 0 saturated heterocycles. The molecule has 0 aliphatic heterocycles. The van der Waals surface area contributed by atoms with Gasteiger partial charge >= 0.3 is 0 Å². The molecule has 0 aromatic carbocycles. The minimum absolute atomic E-state index is 0.688. The van der Waals surface area contributed by atoms with Gasteiger partial charge in [0.05, 0.1) is 0 Å². The van der Waals surface area contributed by atoms with Crippen LogP contribution in [0.5, 0.6) is 0 Å². The Hall–Kier alpha value is -0.890. The fraction of sp³-hybridized carbons (Fsp3) is 0.688. The van der Waals surface area contributed by atoms with Gasteiger partial charge in [0.25, 0.3) is 0 Å². The van der Waals surface area contributed by atoms with Gasteiger partial charge in [-0.15, -0.1) is 0 Å². The highest BCUT2D eigenvalue weighted by Crippen LogP contribution is 2.34. The Bertz CT molecular complexity index is 362. The second-order valence-corrected chi connectivity index (χ2v) is 5.68. The Labute approximate surface area is 111 Å². The van der Waals surface area contributed by atoms with Crippen LogP contribution >= 0.6 is 0 Å². The molecule has 1 heterocycles. The topological polar surface area (TPSA) is 24.9 Å². The Morgan fingerprint density at radius 3 is 3.22 bits per heavy atom. The molecule has 1 aliphatic carbocycles. The Balaban J connectivity index is 1.90. The predicted octanol–water partition coefficient (Wildman–Crippen LogP) is 3.53. The summed E-state index contributed by atoms with van der Waals surface area (Å²) in [5, 5.41) is 3.53. The van der Waals surface area contributed by atoms with Crippen LogP contribution in [0.25, 0.3) is 0 Å². The summed E-state index contributed by atoms with van der Waals surface area (Å²) in [6.45, 7) is 6.87. The summed E-state index contributed by atoms with van der Waals surface area (Å²) in [6.07, 6.45) is 8.33. The number of rotatable bonds is 6. The van der Waals surface area contributed by atoms with Crippen molar-refractivity contribution >= 4 is 0 Å². The molecule has 0 bridgehead atoms. The van der Waals surface area contributed by atoms with Crippen molar-refractivity contribution in [1.82, 2.24) is 10.3 Å². The Morgan fingerprint density at radius 2 is 2.39 bits per heavy atom. The summed E-state index contributed by atoms with van der Waals surface area (Å²) >= 11 is 0. The minimum Gasteiger partial charge on any atom is -0.316 e. The second-order valence-electron chi connectivity index (χ2n) is 5.68. The molecule has 0 fully saturated rings. The van der Waals surface area contributed by atoms with Crippen molar-refractivity contribution < 1.29 is 0 Å². The first kappa shape index (κ1) is 13.5. The molecule has 1 aliphatic rings. The molecule has 18 heavy (non-hydrogen) atoms. The number of hydrogen-bond acceptors (Lipinski definition) is 2. The standard InChI is InChI=1S/C16H26N2/c1-3-9-17-12-13(2)11-15-7-4-6-14-8-5-10-18-16(14)15/h5,8,10,13,15,17H,3-4,6-7,9,11-12H2,1-2H3. The third kappa shape index (κ3) is 3.55. The van der Waals surface area contributed by atoms with Crippen LogP contribution in [0, 0.1) is 5.92 Å². The average molecular weight is 246 g/mol. The van der Waals surface area contributed by atoms with Gasteiger partial charge < -0.3 is 5.32 Å². The summed E-state index contributed by atoms with van der Waals surface area (Å²) in [5.41, 5.74) is 2.87. The highest BCUT2D eigenvalue weighted by molar-refractivity contribution is 5.25. The maximum atomic E-state index is 4.63. The van der Waals surface area contributed by atoms with E-state index in [-0.39, 0.29) is 0 Å². The average Bonchev–Trinajstić information content (AvgIpc) is 2.39. The number of nitrogens with one attached hydrogen (secondary N) is 1. The normalized spacial score (nSPS) is 20.4. The van der Waals surface area contributed by atoms with E-state index in [4.69, 9.17) is 0 Å². The van der Waals surface area contributed by atoms with E-state index in [2.05, 4.69) is 36.3 Å². The van der Waals surface area contributed by atoms with Crippen LogP contribution in [-0.4, -0.2) is 18.1 Å². The van der Waals surface area contributed by atoms with E-state index in [9.17, 15) is 0 Å². The van der Waals surface area contributed by atoms with E-state index in [0.717, 1.165) is 19.0 Å². The molecule has 1 aromatic heterocycles. The molecule has 1 N–H and O–H groups in total. The number of hydrogen-bond donors (Lipinski definition) is 1. The molecule has 2 rings (SSSR count). The molecule has 2 nitrogen and oxygen atoms in total. The van der Waals surface area contributed by atoms with Gasteiger partial charge in [-0.1, -0.05) is 19.9 Å². The van der Waals surface area contributed by atoms with Crippen LogP contribution in [-0.2, 0) is 6.42 Å². The molecule has 1 aromatic rings. The van der Waals surface area contributed by atoms with Crippen molar-refractivity contribution in [3.05, 3.63) is 29.6 Å². The summed E-state index contributed by atoms with van der Waals surface area (Å²) in [5.74, 6) is 1.43. The number of nitrogens with zero attached hydrogens (tertiary/aromatic N) is 1. The van der Waals surface area contributed by atoms with Crippen molar-refractivity contribution in [2.24, 2.45) is 5.92 Å².